The predicted molar refractivity (Wildman–Crippen MR) is 120 cm³/mol. The number of sulfonamides is 1. The molecule has 0 spiro atoms. The van der Waals surface area contributed by atoms with Crippen LogP contribution in [0.25, 0.3) is 0 Å². The van der Waals surface area contributed by atoms with Gasteiger partial charge in [-0.3, -0.25) is 0 Å². The Balaban J connectivity index is 1.72. The van der Waals surface area contributed by atoms with Crippen molar-refractivity contribution >= 4 is 21.7 Å². The van der Waals surface area contributed by atoms with Gasteiger partial charge in [0.05, 0.1) is 16.2 Å². The van der Waals surface area contributed by atoms with Gasteiger partial charge in [0, 0.05) is 11.5 Å². The molecule has 0 radical (unpaired) electrons. The summed E-state index contributed by atoms with van der Waals surface area (Å²) in [5.41, 5.74) is 3.10. The molecule has 8 heteroatoms. The first-order valence-electron chi connectivity index (χ1n) is 10.0. The van der Waals surface area contributed by atoms with Crippen LogP contribution < -0.4 is 4.83 Å². The maximum absolute atomic E-state index is 12.8. The molecule has 7 nitrogen and oxygen atoms in total. The van der Waals surface area contributed by atoms with Gasteiger partial charge in [-0.15, -0.1) is 0 Å². The number of hydrazone groups is 1. The quantitative estimate of drug-likeness (QED) is 0.336. The van der Waals surface area contributed by atoms with Gasteiger partial charge in [0.1, 0.15) is 11.9 Å². The lowest BCUT2D eigenvalue weighted by atomic mass is 9.89. The molecule has 1 aliphatic heterocycles. The van der Waals surface area contributed by atoms with E-state index in [0.29, 0.717) is 16.8 Å². The Hall–Kier alpha value is -3.65. The van der Waals surface area contributed by atoms with Crippen molar-refractivity contribution in [3.63, 3.8) is 0 Å². The van der Waals surface area contributed by atoms with E-state index in [9.17, 15) is 18.3 Å². The number of esters is 1. The van der Waals surface area contributed by atoms with Crippen LogP contribution in [0.3, 0.4) is 0 Å². The number of hydrogen-bond acceptors (Lipinski definition) is 6. The van der Waals surface area contributed by atoms with Gasteiger partial charge in [0.25, 0.3) is 10.0 Å². The largest absolute Gasteiger partial charge is 0.508 e. The second-order valence-corrected chi connectivity index (χ2v) is 9.31. The number of benzene rings is 3. The van der Waals surface area contributed by atoms with Crippen LogP contribution in [0.2, 0.25) is 0 Å². The van der Waals surface area contributed by atoms with Gasteiger partial charge in [-0.05, 0) is 55.0 Å². The number of hydrogen-bond donors (Lipinski definition) is 2. The molecule has 3 aromatic carbocycles. The molecule has 164 valence electrons. The first-order chi connectivity index (χ1) is 15.3. The average Bonchev–Trinajstić information content (AvgIpc) is 3.12. The number of ether oxygens (including phenoxy) is 1. The lowest BCUT2D eigenvalue weighted by molar-refractivity contribution is 0.0326. The van der Waals surface area contributed by atoms with E-state index in [2.05, 4.69) is 9.93 Å². The maximum Gasteiger partial charge on any atom is 0.339 e. The minimum Gasteiger partial charge on any atom is -0.508 e. The smallest absolute Gasteiger partial charge is 0.339 e. The van der Waals surface area contributed by atoms with E-state index in [-0.39, 0.29) is 10.6 Å². The molecule has 0 amide bonds. The fourth-order valence-electron chi connectivity index (χ4n) is 3.63. The Bertz CT molecular complexity index is 1280. The van der Waals surface area contributed by atoms with Crippen molar-refractivity contribution in [2.45, 2.75) is 24.8 Å². The number of aromatic hydroxyl groups is 1. The highest BCUT2D eigenvalue weighted by molar-refractivity contribution is 7.89. The number of nitrogens with zero attached hydrogens (tertiary/aromatic N) is 1. The molecule has 0 aromatic heterocycles. The van der Waals surface area contributed by atoms with Crippen LogP contribution in [-0.2, 0) is 14.8 Å². The Labute approximate surface area is 186 Å². The Morgan fingerprint density at radius 3 is 2.38 bits per heavy atom. The zero-order chi connectivity index (χ0) is 22.9. The van der Waals surface area contributed by atoms with Gasteiger partial charge in [0.2, 0.25) is 0 Å². The summed E-state index contributed by atoms with van der Waals surface area (Å²) in [5, 5.41) is 13.9. The third-order valence-electron chi connectivity index (χ3n) is 5.39. The van der Waals surface area contributed by atoms with Crippen molar-refractivity contribution in [3.05, 3.63) is 95.1 Å². The molecule has 0 aliphatic carbocycles. The number of cyclic esters (lactones) is 1. The standard InChI is InChI=1S/C24H22N2O5S/c1-15-7-13-19(14-8-15)32(29,30)26-25-22(17-9-11-18(27)12-10-17)16(2)23-20-5-3-4-6-21(20)24(28)31-23/h3-14,16,23,26-27H,1-2H3/b25-22+/t16-,23+/m0/s1. The molecule has 3 aromatic rings. The molecule has 1 aliphatic rings. The zero-order valence-electron chi connectivity index (χ0n) is 17.5. The number of phenols is 1. The number of rotatable bonds is 6. The number of fused-ring (bicyclic) bond motifs is 1. The van der Waals surface area contributed by atoms with E-state index in [1.165, 1.54) is 24.3 Å². The third-order valence-corrected chi connectivity index (χ3v) is 6.61. The highest BCUT2D eigenvalue weighted by atomic mass is 32.2. The first kappa shape index (κ1) is 21.6. The van der Waals surface area contributed by atoms with Gasteiger partial charge in [-0.25, -0.2) is 4.79 Å². The second-order valence-electron chi connectivity index (χ2n) is 7.65. The Kier molecular flexibility index (Phi) is 5.71. The number of carbonyl (C=O) groups is 1. The van der Waals surface area contributed by atoms with Gasteiger partial charge in [-0.1, -0.05) is 42.8 Å². The molecule has 2 N–H and O–H groups in total. The van der Waals surface area contributed by atoms with Crippen molar-refractivity contribution in [1.29, 1.82) is 0 Å². The van der Waals surface area contributed by atoms with Gasteiger partial charge in [-0.2, -0.15) is 18.4 Å². The van der Waals surface area contributed by atoms with Crippen LogP contribution in [0, 0.1) is 12.8 Å². The van der Waals surface area contributed by atoms with Crippen molar-refractivity contribution < 1.29 is 23.1 Å². The lowest BCUT2D eigenvalue weighted by Crippen LogP contribution is -2.26. The van der Waals surface area contributed by atoms with E-state index in [1.54, 1.807) is 36.4 Å². The van der Waals surface area contributed by atoms with Crippen LogP contribution in [0.5, 0.6) is 5.75 Å². The molecule has 0 saturated carbocycles. The summed E-state index contributed by atoms with van der Waals surface area (Å²) in [4.78, 5) is 14.7. The van der Waals surface area contributed by atoms with Crippen molar-refractivity contribution in [3.8, 4) is 5.75 Å². The predicted octanol–water partition coefficient (Wildman–Crippen LogP) is 3.93. The minimum atomic E-state index is -3.91. The number of nitrogens with one attached hydrogen (secondary N) is 1. The van der Waals surface area contributed by atoms with E-state index < -0.39 is 28.0 Å². The molecule has 0 unspecified atom stereocenters. The average molecular weight is 451 g/mol. The Morgan fingerprint density at radius 2 is 1.69 bits per heavy atom. The molecule has 32 heavy (non-hydrogen) atoms. The van der Waals surface area contributed by atoms with Gasteiger partial charge < -0.3 is 9.84 Å². The summed E-state index contributed by atoms with van der Waals surface area (Å²) in [7, 11) is -3.91. The molecule has 1 heterocycles. The summed E-state index contributed by atoms with van der Waals surface area (Å²) >= 11 is 0. The number of phenolic OH excluding ortho intramolecular Hbond substituents is 1. The lowest BCUT2D eigenvalue weighted by Gasteiger charge is -2.21. The van der Waals surface area contributed by atoms with E-state index in [1.807, 2.05) is 26.0 Å². The number of aryl methyl sites for hydroxylation is 1. The number of carbonyl (C=O) groups excluding carboxylic acids is 1. The monoisotopic (exact) mass is 450 g/mol. The summed E-state index contributed by atoms with van der Waals surface area (Å²) in [5.74, 6) is -0.839. The molecular weight excluding hydrogens is 428 g/mol. The van der Waals surface area contributed by atoms with E-state index in [0.717, 1.165) is 11.1 Å². The molecule has 0 bridgehead atoms. The van der Waals surface area contributed by atoms with Gasteiger partial charge in [0.15, 0.2) is 0 Å². The van der Waals surface area contributed by atoms with E-state index in [4.69, 9.17) is 4.74 Å². The highest BCUT2D eigenvalue weighted by Gasteiger charge is 2.37. The summed E-state index contributed by atoms with van der Waals surface area (Å²) in [6, 6.07) is 19.7. The second kappa shape index (κ2) is 8.47. The fourth-order valence-corrected chi connectivity index (χ4v) is 4.45. The Morgan fingerprint density at radius 1 is 1.03 bits per heavy atom. The molecule has 0 saturated heterocycles. The third kappa shape index (κ3) is 4.22. The highest BCUT2D eigenvalue weighted by Crippen LogP contribution is 2.37. The van der Waals surface area contributed by atoms with Crippen LogP contribution in [0.1, 0.15) is 40.1 Å². The molecule has 0 fully saturated rings. The van der Waals surface area contributed by atoms with Crippen molar-refractivity contribution in [2.75, 3.05) is 0 Å². The summed E-state index contributed by atoms with van der Waals surface area (Å²) in [6.45, 7) is 3.68. The summed E-state index contributed by atoms with van der Waals surface area (Å²) < 4.78 is 31.2. The normalized spacial score (nSPS) is 16.9. The molecule has 4 rings (SSSR count). The van der Waals surface area contributed by atoms with Crippen LogP contribution in [0.4, 0.5) is 0 Å². The maximum atomic E-state index is 12.8. The topological polar surface area (TPSA) is 105 Å². The van der Waals surface area contributed by atoms with Crippen molar-refractivity contribution in [2.24, 2.45) is 11.0 Å². The zero-order valence-corrected chi connectivity index (χ0v) is 18.3. The van der Waals surface area contributed by atoms with Crippen LogP contribution in [-0.4, -0.2) is 25.2 Å². The fraction of sp³-hybridized carbons (Fsp3) is 0.167. The van der Waals surface area contributed by atoms with Gasteiger partial charge >= 0.3 is 5.97 Å². The minimum absolute atomic E-state index is 0.0682. The SMILES string of the molecule is Cc1ccc(S(=O)(=O)N/N=C(/c2ccc(O)cc2)[C@H](C)[C@H]2OC(=O)c3ccccc32)cc1. The molecule has 2 atom stereocenters. The van der Waals surface area contributed by atoms with Crippen LogP contribution in [0.15, 0.2) is 82.8 Å². The van der Waals surface area contributed by atoms with Crippen molar-refractivity contribution in [1.82, 2.24) is 4.83 Å². The summed E-state index contributed by atoms with van der Waals surface area (Å²) in [6.07, 6.45) is -0.630. The van der Waals surface area contributed by atoms with E-state index >= 15 is 0 Å². The first-order valence-corrected chi connectivity index (χ1v) is 11.5. The molecular formula is C24H22N2O5S. The van der Waals surface area contributed by atoms with Crippen LogP contribution >= 0.6 is 0 Å².